The van der Waals surface area contributed by atoms with E-state index in [2.05, 4.69) is 50.2 Å². The molecule has 2 N–H and O–H groups in total. The van der Waals surface area contributed by atoms with Crippen LogP contribution in [0.25, 0.3) is 0 Å². The number of aromatic amines is 1. The molecule has 3 aromatic rings. The molecule has 1 saturated heterocycles. The number of H-pyrrole nitrogens is 1. The number of rotatable bonds is 9. The van der Waals surface area contributed by atoms with Crippen molar-refractivity contribution >= 4 is 22.6 Å². The standard InChI is InChI=1S/C25H29F2IN4O2/c1-18(21-10-19(12-26)9-20(11-21)13-27)34-16-25(22-5-3-2-4-6-22)8-7-24(14-28,15-29-25)32-17-30-31-23(32)33/h2-6,9-11,17-18,29H,7-8,12-16H2,1H3,(H,31,33)/t18-,24-,25-/m1/s1. The first-order valence-electron chi connectivity index (χ1n) is 11.3. The Morgan fingerprint density at radius 1 is 1.15 bits per heavy atom. The van der Waals surface area contributed by atoms with Gasteiger partial charge in [-0.3, -0.25) is 4.57 Å². The SMILES string of the molecule is C[C@@H](OC[C@@]1(c2ccccc2)CC[C@](CI)(n2cn[nH]c2=O)CN1)c1cc(CF)cc(CF)c1. The molecule has 0 aliphatic carbocycles. The maximum atomic E-state index is 13.3. The topological polar surface area (TPSA) is 71.9 Å². The number of alkyl halides is 3. The van der Waals surface area contributed by atoms with Crippen molar-refractivity contribution in [1.29, 1.82) is 0 Å². The van der Waals surface area contributed by atoms with Crippen LogP contribution in [0, 0.1) is 0 Å². The summed E-state index contributed by atoms with van der Waals surface area (Å²) in [6.07, 6.45) is 2.73. The van der Waals surface area contributed by atoms with Crippen LogP contribution in [0.4, 0.5) is 8.78 Å². The molecule has 1 aliphatic rings. The Morgan fingerprint density at radius 2 is 1.85 bits per heavy atom. The first kappa shape index (κ1) is 25.0. The van der Waals surface area contributed by atoms with Gasteiger partial charge in [-0.25, -0.2) is 18.7 Å². The number of ether oxygens (including phenoxy) is 1. The Balaban J connectivity index is 1.58. The fourth-order valence-electron chi connectivity index (χ4n) is 4.68. The molecule has 1 aromatic heterocycles. The molecule has 3 atom stereocenters. The van der Waals surface area contributed by atoms with E-state index in [9.17, 15) is 13.6 Å². The van der Waals surface area contributed by atoms with Crippen molar-refractivity contribution in [2.75, 3.05) is 17.6 Å². The van der Waals surface area contributed by atoms with Gasteiger partial charge in [0, 0.05) is 11.0 Å². The molecule has 0 spiro atoms. The van der Waals surface area contributed by atoms with Gasteiger partial charge in [0.2, 0.25) is 0 Å². The molecule has 6 nitrogen and oxygen atoms in total. The maximum Gasteiger partial charge on any atom is 0.343 e. The van der Waals surface area contributed by atoms with E-state index in [1.165, 1.54) is 0 Å². The van der Waals surface area contributed by atoms with Crippen LogP contribution < -0.4 is 11.0 Å². The molecule has 9 heteroatoms. The van der Waals surface area contributed by atoms with Crippen LogP contribution in [0.15, 0.2) is 59.7 Å². The lowest BCUT2D eigenvalue weighted by atomic mass is 9.77. The van der Waals surface area contributed by atoms with Gasteiger partial charge in [-0.2, -0.15) is 5.10 Å². The third-order valence-corrected chi connectivity index (χ3v) is 8.26. The van der Waals surface area contributed by atoms with Crippen molar-refractivity contribution in [3.63, 3.8) is 0 Å². The van der Waals surface area contributed by atoms with E-state index in [1.54, 1.807) is 29.1 Å². The van der Waals surface area contributed by atoms with Crippen molar-refractivity contribution < 1.29 is 13.5 Å². The summed E-state index contributed by atoms with van der Waals surface area (Å²) in [5, 5.41) is 10.1. The third kappa shape index (κ3) is 4.96. The molecule has 34 heavy (non-hydrogen) atoms. The summed E-state index contributed by atoms with van der Waals surface area (Å²) in [7, 11) is 0. The van der Waals surface area contributed by atoms with Gasteiger partial charge in [-0.15, -0.1) is 0 Å². The highest BCUT2D eigenvalue weighted by Crippen LogP contribution is 2.39. The van der Waals surface area contributed by atoms with E-state index >= 15 is 0 Å². The summed E-state index contributed by atoms with van der Waals surface area (Å²) in [4.78, 5) is 12.3. The number of hydrogen-bond donors (Lipinski definition) is 2. The van der Waals surface area contributed by atoms with Crippen molar-refractivity contribution in [3.05, 3.63) is 87.6 Å². The van der Waals surface area contributed by atoms with E-state index < -0.39 is 18.9 Å². The molecule has 0 unspecified atom stereocenters. The molecule has 0 amide bonds. The molecule has 0 saturated carbocycles. The minimum Gasteiger partial charge on any atom is -0.372 e. The van der Waals surface area contributed by atoms with Gasteiger partial charge in [-0.1, -0.05) is 71.1 Å². The normalized spacial score (nSPS) is 23.6. The van der Waals surface area contributed by atoms with Crippen LogP contribution in [0.3, 0.4) is 0 Å². The van der Waals surface area contributed by atoms with Crippen LogP contribution in [-0.2, 0) is 29.2 Å². The molecule has 182 valence electrons. The van der Waals surface area contributed by atoms with Crippen LogP contribution in [0.1, 0.15) is 48.1 Å². The Bertz CT molecular complexity index is 1120. The van der Waals surface area contributed by atoms with Gasteiger partial charge >= 0.3 is 5.69 Å². The molecule has 2 aromatic carbocycles. The lowest BCUT2D eigenvalue weighted by molar-refractivity contribution is -0.00700. The zero-order valence-corrected chi connectivity index (χ0v) is 21.2. The number of nitrogens with zero attached hydrogens (tertiary/aromatic N) is 2. The summed E-state index contributed by atoms with van der Waals surface area (Å²) in [6, 6.07) is 15.2. The highest BCUT2D eigenvalue weighted by molar-refractivity contribution is 14.1. The second kappa shape index (κ2) is 10.7. The van der Waals surface area contributed by atoms with Crippen LogP contribution in [-0.4, -0.2) is 32.3 Å². The van der Waals surface area contributed by atoms with Crippen LogP contribution in [0.5, 0.6) is 0 Å². The summed E-state index contributed by atoms with van der Waals surface area (Å²) in [5.74, 6) is 0. The van der Waals surface area contributed by atoms with Gasteiger partial charge in [0.25, 0.3) is 0 Å². The van der Waals surface area contributed by atoms with E-state index in [1.807, 2.05) is 25.1 Å². The Kier molecular flexibility index (Phi) is 7.83. The van der Waals surface area contributed by atoms with Crippen molar-refractivity contribution in [2.24, 2.45) is 0 Å². The Hall–Kier alpha value is -2.11. The minimum atomic E-state index is -0.644. The fraction of sp³-hybridized carbons (Fsp3) is 0.440. The largest absolute Gasteiger partial charge is 0.372 e. The average molecular weight is 582 g/mol. The Labute approximate surface area is 211 Å². The van der Waals surface area contributed by atoms with Crippen LogP contribution >= 0.6 is 22.6 Å². The molecule has 4 rings (SSSR count). The summed E-state index contributed by atoms with van der Waals surface area (Å²) >= 11 is 2.32. The Morgan fingerprint density at radius 3 is 2.38 bits per heavy atom. The first-order valence-corrected chi connectivity index (χ1v) is 12.8. The summed E-state index contributed by atoms with van der Waals surface area (Å²) in [6.45, 7) is 1.57. The molecule has 1 aliphatic heterocycles. The minimum absolute atomic E-state index is 0.216. The second-order valence-corrected chi connectivity index (χ2v) is 9.76. The zero-order valence-electron chi connectivity index (χ0n) is 19.1. The molecule has 0 bridgehead atoms. The summed E-state index contributed by atoms with van der Waals surface area (Å²) in [5.41, 5.74) is 1.70. The lowest BCUT2D eigenvalue weighted by Gasteiger charge is -2.47. The highest BCUT2D eigenvalue weighted by atomic mass is 127. The highest BCUT2D eigenvalue weighted by Gasteiger charge is 2.45. The van der Waals surface area contributed by atoms with Gasteiger partial charge in [0.05, 0.1) is 23.8 Å². The molecule has 1 fully saturated rings. The van der Waals surface area contributed by atoms with Gasteiger partial charge in [-0.05, 0) is 42.0 Å². The summed E-state index contributed by atoms with van der Waals surface area (Å²) < 4.78 is 35.4. The van der Waals surface area contributed by atoms with E-state index in [4.69, 9.17) is 4.74 Å². The van der Waals surface area contributed by atoms with Gasteiger partial charge in [0.15, 0.2) is 0 Å². The molecular weight excluding hydrogens is 553 g/mol. The number of benzene rings is 2. The lowest BCUT2D eigenvalue weighted by Crippen LogP contribution is -2.60. The monoisotopic (exact) mass is 582 g/mol. The molecular formula is C25H29F2IN4O2. The smallest absolute Gasteiger partial charge is 0.343 e. The maximum absolute atomic E-state index is 13.3. The number of hydrogen-bond acceptors (Lipinski definition) is 4. The second-order valence-electron chi connectivity index (χ2n) is 8.99. The van der Waals surface area contributed by atoms with Crippen molar-refractivity contribution in [1.82, 2.24) is 20.1 Å². The van der Waals surface area contributed by atoms with Crippen molar-refractivity contribution in [3.8, 4) is 0 Å². The van der Waals surface area contributed by atoms with Crippen LogP contribution in [0.2, 0.25) is 0 Å². The number of halogens is 3. The first-order chi connectivity index (χ1) is 16.4. The van der Waals surface area contributed by atoms with E-state index in [0.29, 0.717) is 24.3 Å². The number of piperidine rings is 1. The van der Waals surface area contributed by atoms with E-state index in [-0.39, 0.29) is 17.3 Å². The number of nitrogens with one attached hydrogen (secondary N) is 2. The number of aromatic nitrogens is 3. The predicted molar refractivity (Wildman–Crippen MR) is 135 cm³/mol. The fourth-order valence-corrected chi connectivity index (χ4v) is 5.70. The average Bonchev–Trinajstić information content (AvgIpc) is 3.34. The predicted octanol–water partition coefficient (Wildman–Crippen LogP) is 4.70. The van der Waals surface area contributed by atoms with E-state index in [0.717, 1.165) is 28.4 Å². The quantitative estimate of drug-likeness (QED) is 0.284. The van der Waals surface area contributed by atoms with Crippen molar-refractivity contribution in [2.45, 2.75) is 50.3 Å². The van der Waals surface area contributed by atoms with Gasteiger partial charge in [0.1, 0.15) is 19.7 Å². The molecule has 0 radical (unpaired) electrons. The third-order valence-electron chi connectivity index (χ3n) is 6.84. The molecule has 2 heterocycles. The van der Waals surface area contributed by atoms with Gasteiger partial charge < -0.3 is 10.1 Å². The zero-order chi connectivity index (χ0) is 24.2.